The SMILES string of the molecule is CN=C(NCCc1cccc2cccnc12)NCc1cc(F)ccc1F. The van der Waals surface area contributed by atoms with Crippen molar-refractivity contribution >= 4 is 16.9 Å². The fourth-order valence-electron chi connectivity index (χ4n) is 2.76. The Bertz CT molecular complexity index is 919. The Morgan fingerprint density at radius 2 is 1.88 bits per heavy atom. The van der Waals surface area contributed by atoms with Crippen LogP contribution in [-0.2, 0) is 13.0 Å². The number of aromatic nitrogens is 1. The summed E-state index contributed by atoms with van der Waals surface area (Å²) < 4.78 is 26.9. The van der Waals surface area contributed by atoms with Gasteiger partial charge in [0.1, 0.15) is 11.6 Å². The molecule has 0 saturated heterocycles. The van der Waals surface area contributed by atoms with Gasteiger partial charge in [-0.05, 0) is 36.2 Å². The highest BCUT2D eigenvalue weighted by Gasteiger charge is 2.06. The molecule has 0 aliphatic rings. The maximum atomic E-state index is 13.7. The molecule has 26 heavy (non-hydrogen) atoms. The van der Waals surface area contributed by atoms with E-state index < -0.39 is 11.6 Å². The Morgan fingerprint density at radius 3 is 2.73 bits per heavy atom. The minimum atomic E-state index is -0.463. The van der Waals surface area contributed by atoms with Crippen LogP contribution >= 0.6 is 0 Å². The number of nitrogens with one attached hydrogen (secondary N) is 2. The molecule has 1 heterocycles. The number of fused-ring (bicyclic) bond motifs is 1. The second kappa shape index (κ2) is 8.38. The summed E-state index contributed by atoms with van der Waals surface area (Å²) in [6.07, 6.45) is 2.55. The second-order valence-electron chi connectivity index (χ2n) is 5.83. The second-order valence-corrected chi connectivity index (χ2v) is 5.83. The molecule has 134 valence electrons. The van der Waals surface area contributed by atoms with Crippen molar-refractivity contribution in [1.82, 2.24) is 15.6 Å². The van der Waals surface area contributed by atoms with Crippen LogP contribution in [0.5, 0.6) is 0 Å². The molecule has 2 aromatic carbocycles. The van der Waals surface area contributed by atoms with Crippen molar-refractivity contribution < 1.29 is 8.78 Å². The largest absolute Gasteiger partial charge is 0.356 e. The number of hydrogen-bond donors (Lipinski definition) is 2. The van der Waals surface area contributed by atoms with Gasteiger partial charge in [-0.15, -0.1) is 0 Å². The van der Waals surface area contributed by atoms with Gasteiger partial charge in [-0.1, -0.05) is 24.3 Å². The first kappa shape index (κ1) is 17.8. The third-order valence-corrected chi connectivity index (χ3v) is 4.08. The predicted octanol–water partition coefficient (Wildman–Crippen LogP) is 3.42. The topological polar surface area (TPSA) is 49.3 Å². The molecule has 1 aromatic heterocycles. The van der Waals surface area contributed by atoms with Gasteiger partial charge in [-0.3, -0.25) is 9.98 Å². The smallest absolute Gasteiger partial charge is 0.191 e. The van der Waals surface area contributed by atoms with Crippen molar-refractivity contribution in [2.45, 2.75) is 13.0 Å². The minimum absolute atomic E-state index is 0.152. The van der Waals surface area contributed by atoms with E-state index in [9.17, 15) is 8.78 Å². The van der Waals surface area contributed by atoms with Crippen LogP contribution in [0.4, 0.5) is 8.78 Å². The minimum Gasteiger partial charge on any atom is -0.356 e. The van der Waals surface area contributed by atoms with E-state index in [1.165, 1.54) is 6.07 Å². The Hall–Kier alpha value is -3.02. The lowest BCUT2D eigenvalue weighted by Crippen LogP contribution is -2.38. The van der Waals surface area contributed by atoms with Gasteiger partial charge in [-0.2, -0.15) is 0 Å². The Kier molecular flexibility index (Phi) is 5.73. The van der Waals surface area contributed by atoms with Gasteiger partial charge in [0.05, 0.1) is 5.52 Å². The van der Waals surface area contributed by atoms with Gasteiger partial charge in [0, 0.05) is 37.3 Å². The van der Waals surface area contributed by atoms with E-state index >= 15 is 0 Å². The Balaban J connectivity index is 1.57. The quantitative estimate of drug-likeness (QED) is 0.545. The monoisotopic (exact) mass is 354 g/mol. The van der Waals surface area contributed by atoms with E-state index in [2.05, 4.69) is 26.7 Å². The highest BCUT2D eigenvalue weighted by molar-refractivity contribution is 5.82. The molecule has 0 spiro atoms. The molecule has 0 fully saturated rings. The maximum Gasteiger partial charge on any atom is 0.191 e. The Morgan fingerprint density at radius 1 is 1.04 bits per heavy atom. The summed E-state index contributed by atoms with van der Waals surface area (Å²) in [5.74, 6) is -0.382. The summed E-state index contributed by atoms with van der Waals surface area (Å²) in [5.41, 5.74) is 2.38. The summed E-state index contributed by atoms with van der Waals surface area (Å²) >= 11 is 0. The summed E-state index contributed by atoms with van der Waals surface area (Å²) in [6, 6.07) is 13.5. The Labute approximate surface area is 151 Å². The molecule has 4 nitrogen and oxygen atoms in total. The zero-order valence-corrected chi connectivity index (χ0v) is 14.5. The van der Waals surface area contributed by atoms with E-state index in [0.29, 0.717) is 12.5 Å². The zero-order chi connectivity index (χ0) is 18.4. The number of benzene rings is 2. The van der Waals surface area contributed by atoms with Gasteiger partial charge in [-0.25, -0.2) is 8.78 Å². The molecule has 0 radical (unpaired) electrons. The zero-order valence-electron chi connectivity index (χ0n) is 14.5. The summed E-state index contributed by atoms with van der Waals surface area (Å²) in [7, 11) is 1.64. The molecule has 0 aliphatic carbocycles. The molecule has 0 bridgehead atoms. The van der Waals surface area contributed by atoms with E-state index in [4.69, 9.17) is 0 Å². The van der Waals surface area contributed by atoms with Crippen molar-refractivity contribution in [3.8, 4) is 0 Å². The lowest BCUT2D eigenvalue weighted by Gasteiger charge is -2.13. The average molecular weight is 354 g/mol. The highest BCUT2D eigenvalue weighted by Crippen LogP contribution is 2.16. The molecule has 0 aliphatic heterocycles. The van der Waals surface area contributed by atoms with Crippen LogP contribution in [0, 0.1) is 11.6 Å². The summed E-state index contributed by atoms with van der Waals surface area (Å²) in [5, 5.41) is 7.28. The highest BCUT2D eigenvalue weighted by atomic mass is 19.1. The van der Waals surface area contributed by atoms with E-state index in [0.717, 1.165) is 35.0 Å². The number of hydrogen-bond acceptors (Lipinski definition) is 2. The molecule has 0 saturated carbocycles. The van der Waals surface area contributed by atoms with Gasteiger partial charge in [0.25, 0.3) is 0 Å². The number of para-hydroxylation sites is 1. The fourth-order valence-corrected chi connectivity index (χ4v) is 2.76. The predicted molar refractivity (Wildman–Crippen MR) is 100 cm³/mol. The number of nitrogens with zero attached hydrogens (tertiary/aromatic N) is 2. The number of guanidine groups is 1. The lowest BCUT2D eigenvalue weighted by molar-refractivity contribution is 0.581. The normalized spacial score (nSPS) is 11.6. The van der Waals surface area contributed by atoms with Gasteiger partial charge in [0.15, 0.2) is 5.96 Å². The molecule has 2 N–H and O–H groups in total. The van der Waals surface area contributed by atoms with Crippen LogP contribution in [0.15, 0.2) is 59.7 Å². The molecular formula is C20H20F2N4. The average Bonchev–Trinajstić information content (AvgIpc) is 2.67. The number of halogens is 2. The molecule has 0 amide bonds. The van der Waals surface area contributed by atoms with Crippen LogP contribution in [0.2, 0.25) is 0 Å². The van der Waals surface area contributed by atoms with Crippen molar-refractivity contribution in [1.29, 1.82) is 0 Å². The summed E-state index contributed by atoms with van der Waals surface area (Å²) in [6.45, 7) is 0.792. The van der Waals surface area contributed by atoms with Crippen LogP contribution < -0.4 is 10.6 Å². The van der Waals surface area contributed by atoms with Gasteiger partial charge >= 0.3 is 0 Å². The first-order valence-electron chi connectivity index (χ1n) is 8.38. The lowest BCUT2D eigenvalue weighted by atomic mass is 10.1. The molecule has 6 heteroatoms. The van der Waals surface area contributed by atoms with Gasteiger partial charge in [0.2, 0.25) is 0 Å². The number of pyridine rings is 1. The van der Waals surface area contributed by atoms with Crippen LogP contribution in [0.1, 0.15) is 11.1 Å². The first-order chi connectivity index (χ1) is 12.7. The molecule has 3 rings (SSSR count). The van der Waals surface area contributed by atoms with Crippen LogP contribution in [-0.4, -0.2) is 24.5 Å². The van der Waals surface area contributed by atoms with Crippen molar-refractivity contribution in [3.63, 3.8) is 0 Å². The van der Waals surface area contributed by atoms with E-state index in [1.807, 2.05) is 24.3 Å². The molecule has 0 unspecified atom stereocenters. The fraction of sp³-hybridized carbons (Fsp3) is 0.200. The van der Waals surface area contributed by atoms with Crippen molar-refractivity contribution in [3.05, 3.63) is 77.5 Å². The number of rotatable bonds is 5. The van der Waals surface area contributed by atoms with Crippen molar-refractivity contribution in [2.75, 3.05) is 13.6 Å². The number of aliphatic imine (C=N–C) groups is 1. The van der Waals surface area contributed by atoms with Crippen LogP contribution in [0.25, 0.3) is 10.9 Å². The summed E-state index contributed by atoms with van der Waals surface area (Å²) in [4.78, 5) is 8.55. The van der Waals surface area contributed by atoms with Crippen LogP contribution in [0.3, 0.4) is 0 Å². The molecule has 0 atom stereocenters. The molecular weight excluding hydrogens is 334 g/mol. The molecule has 3 aromatic rings. The van der Waals surface area contributed by atoms with E-state index in [1.54, 1.807) is 13.2 Å². The van der Waals surface area contributed by atoms with Gasteiger partial charge < -0.3 is 10.6 Å². The standard InChI is InChI=1S/C20H20F2N4/c1-23-20(26-13-16-12-17(21)7-8-18(16)22)25-11-9-15-5-2-4-14-6-3-10-24-19(14)15/h2-8,10,12H,9,11,13H2,1H3,(H2,23,25,26). The third kappa shape index (κ3) is 4.33. The third-order valence-electron chi connectivity index (χ3n) is 4.08. The first-order valence-corrected chi connectivity index (χ1v) is 8.38. The maximum absolute atomic E-state index is 13.7. The van der Waals surface area contributed by atoms with Crippen molar-refractivity contribution in [2.24, 2.45) is 4.99 Å². The van der Waals surface area contributed by atoms with E-state index in [-0.39, 0.29) is 12.1 Å².